The Bertz CT molecular complexity index is 1020. The number of carbonyl (C=O) groups is 1. The van der Waals surface area contributed by atoms with Gasteiger partial charge in [-0.05, 0) is 30.2 Å². The molecule has 0 bridgehead atoms. The monoisotopic (exact) mass is 389 g/mol. The summed E-state index contributed by atoms with van der Waals surface area (Å²) in [6.07, 6.45) is 1.20. The number of phenols is 1. The topological polar surface area (TPSA) is 147 Å². The molecule has 146 valence electrons. The van der Waals surface area contributed by atoms with Crippen LogP contribution in [0.15, 0.2) is 47.2 Å². The van der Waals surface area contributed by atoms with Crippen LogP contribution in [0.3, 0.4) is 0 Å². The van der Waals surface area contributed by atoms with E-state index in [0.29, 0.717) is 11.1 Å². The number of nitrogens with two attached hydrogens (primary N) is 1. The first-order valence-electron chi connectivity index (χ1n) is 9.07. The molecular weight excluding hydrogens is 370 g/mol. The Hall–Kier alpha value is -3.96. The highest BCUT2D eigenvalue weighted by Crippen LogP contribution is 2.54. The van der Waals surface area contributed by atoms with Crippen LogP contribution in [0.25, 0.3) is 0 Å². The molecule has 1 aromatic carbocycles. The fraction of sp³-hybridized carbons (Fsp3) is 0.333. The molecule has 1 aliphatic carbocycles. The van der Waals surface area contributed by atoms with E-state index in [1.54, 1.807) is 25.1 Å². The number of nitriles is 3. The SMILES string of the molecule is CCOC(=O)N1CC=C2C(C#N)=C(N)C(C#N)(C#N)[C@@H](c3cccc(O)c3)[C@@H]2C1. The van der Waals surface area contributed by atoms with Crippen molar-refractivity contribution in [3.05, 3.63) is 52.7 Å². The minimum Gasteiger partial charge on any atom is -0.508 e. The van der Waals surface area contributed by atoms with E-state index >= 15 is 0 Å². The molecule has 0 spiro atoms. The molecule has 29 heavy (non-hydrogen) atoms. The highest BCUT2D eigenvalue weighted by molar-refractivity contribution is 5.69. The second-order valence-corrected chi connectivity index (χ2v) is 6.87. The number of hydrogen-bond acceptors (Lipinski definition) is 7. The number of carbonyl (C=O) groups excluding carboxylic acids is 1. The molecule has 0 radical (unpaired) electrons. The van der Waals surface area contributed by atoms with Crippen molar-refractivity contribution in [3.8, 4) is 24.0 Å². The molecule has 0 unspecified atom stereocenters. The summed E-state index contributed by atoms with van der Waals surface area (Å²) in [7, 11) is 0. The summed E-state index contributed by atoms with van der Waals surface area (Å²) in [5, 5.41) is 39.6. The van der Waals surface area contributed by atoms with Crippen LogP contribution >= 0.6 is 0 Å². The van der Waals surface area contributed by atoms with Crippen molar-refractivity contribution in [2.24, 2.45) is 17.1 Å². The third kappa shape index (κ3) is 3.03. The van der Waals surface area contributed by atoms with Crippen molar-refractivity contribution in [1.29, 1.82) is 15.8 Å². The number of phenolic OH excluding ortho intramolecular Hbond substituents is 1. The molecule has 1 heterocycles. The lowest BCUT2D eigenvalue weighted by atomic mass is 9.58. The van der Waals surface area contributed by atoms with E-state index in [2.05, 4.69) is 0 Å². The first-order valence-corrected chi connectivity index (χ1v) is 9.07. The van der Waals surface area contributed by atoms with E-state index in [4.69, 9.17) is 10.5 Å². The van der Waals surface area contributed by atoms with E-state index in [1.165, 1.54) is 17.0 Å². The molecule has 0 saturated carbocycles. The maximum absolute atomic E-state index is 12.3. The van der Waals surface area contributed by atoms with E-state index < -0.39 is 23.3 Å². The summed E-state index contributed by atoms with van der Waals surface area (Å²) in [6, 6.07) is 12.3. The second kappa shape index (κ2) is 7.58. The van der Waals surface area contributed by atoms with E-state index in [9.17, 15) is 25.7 Å². The molecule has 0 fully saturated rings. The number of rotatable bonds is 2. The molecule has 2 atom stereocenters. The van der Waals surface area contributed by atoms with E-state index in [-0.39, 0.29) is 36.7 Å². The Kier molecular flexibility index (Phi) is 5.17. The Labute approximate surface area is 168 Å². The number of ether oxygens (including phenoxy) is 1. The molecule has 8 nitrogen and oxygen atoms in total. The van der Waals surface area contributed by atoms with Crippen LogP contribution < -0.4 is 5.73 Å². The van der Waals surface area contributed by atoms with Gasteiger partial charge >= 0.3 is 6.09 Å². The lowest BCUT2D eigenvalue weighted by Gasteiger charge is -2.45. The predicted molar refractivity (Wildman–Crippen MR) is 102 cm³/mol. The molecule has 0 aromatic heterocycles. The van der Waals surface area contributed by atoms with Gasteiger partial charge in [0, 0.05) is 24.9 Å². The van der Waals surface area contributed by atoms with Gasteiger partial charge in [-0.25, -0.2) is 4.79 Å². The van der Waals surface area contributed by atoms with Crippen molar-refractivity contribution < 1.29 is 14.6 Å². The molecule has 1 aliphatic heterocycles. The summed E-state index contributed by atoms with van der Waals surface area (Å²) in [5.74, 6) is -1.36. The van der Waals surface area contributed by atoms with Crippen LogP contribution in [-0.4, -0.2) is 35.8 Å². The largest absolute Gasteiger partial charge is 0.508 e. The quantitative estimate of drug-likeness (QED) is 0.788. The fourth-order valence-corrected chi connectivity index (χ4v) is 4.14. The predicted octanol–water partition coefficient (Wildman–Crippen LogP) is 2.27. The van der Waals surface area contributed by atoms with Gasteiger partial charge in [0.05, 0.1) is 30.0 Å². The van der Waals surface area contributed by atoms with E-state index in [1.807, 2.05) is 18.2 Å². The number of amides is 1. The van der Waals surface area contributed by atoms with Crippen LogP contribution in [0, 0.1) is 45.3 Å². The van der Waals surface area contributed by atoms with Gasteiger partial charge in [-0.1, -0.05) is 18.2 Å². The van der Waals surface area contributed by atoms with Gasteiger partial charge in [0.1, 0.15) is 11.8 Å². The van der Waals surface area contributed by atoms with Crippen molar-refractivity contribution in [3.63, 3.8) is 0 Å². The van der Waals surface area contributed by atoms with Gasteiger partial charge in [-0.2, -0.15) is 15.8 Å². The molecule has 8 heteroatoms. The van der Waals surface area contributed by atoms with E-state index in [0.717, 1.165) is 0 Å². The van der Waals surface area contributed by atoms with Gasteiger partial charge in [-0.15, -0.1) is 0 Å². The fourth-order valence-electron chi connectivity index (χ4n) is 4.14. The Balaban J connectivity index is 2.24. The highest BCUT2D eigenvalue weighted by Gasteiger charge is 2.54. The van der Waals surface area contributed by atoms with Crippen molar-refractivity contribution in [2.75, 3.05) is 19.7 Å². The number of allylic oxidation sites excluding steroid dienone is 2. The zero-order valence-corrected chi connectivity index (χ0v) is 15.8. The zero-order valence-electron chi connectivity index (χ0n) is 15.8. The Morgan fingerprint density at radius 1 is 1.38 bits per heavy atom. The van der Waals surface area contributed by atoms with Gasteiger partial charge in [-0.3, -0.25) is 0 Å². The summed E-state index contributed by atoms with van der Waals surface area (Å²) < 4.78 is 5.09. The Morgan fingerprint density at radius 2 is 2.10 bits per heavy atom. The van der Waals surface area contributed by atoms with Gasteiger partial charge in [0.15, 0.2) is 5.41 Å². The van der Waals surface area contributed by atoms with Crippen molar-refractivity contribution >= 4 is 6.09 Å². The molecular formula is C21H19N5O3. The summed E-state index contributed by atoms with van der Waals surface area (Å²) >= 11 is 0. The number of benzene rings is 1. The molecule has 3 N–H and O–H groups in total. The molecule has 0 saturated heterocycles. The van der Waals surface area contributed by atoms with Crippen LogP contribution in [0.1, 0.15) is 18.4 Å². The number of hydrogen-bond donors (Lipinski definition) is 2. The smallest absolute Gasteiger partial charge is 0.410 e. The highest BCUT2D eigenvalue weighted by atomic mass is 16.6. The molecule has 3 rings (SSSR count). The maximum atomic E-state index is 12.3. The van der Waals surface area contributed by atoms with Crippen molar-refractivity contribution in [2.45, 2.75) is 12.8 Å². The average molecular weight is 389 g/mol. The Morgan fingerprint density at radius 3 is 2.69 bits per heavy atom. The average Bonchev–Trinajstić information content (AvgIpc) is 2.73. The molecule has 1 aromatic rings. The third-order valence-corrected chi connectivity index (χ3v) is 5.42. The van der Waals surface area contributed by atoms with Crippen LogP contribution in [0.4, 0.5) is 4.79 Å². The third-order valence-electron chi connectivity index (χ3n) is 5.42. The van der Waals surface area contributed by atoms with Crippen LogP contribution in [-0.2, 0) is 4.74 Å². The number of nitrogens with zero attached hydrogens (tertiary/aromatic N) is 4. The first kappa shape index (κ1) is 19.8. The maximum Gasteiger partial charge on any atom is 0.410 e. The zero-order chi connectivity index (χ0) is 21.2. The van der Waals surface area contributed by atoms with Gasteiger partial charge in [0.2, 0.25) is 0 Å². The standard InChI is InChI=1S/C21H19N5O3/c1-2-29-20(28)26-7-6-15-16(9-22)19(25)21(11-23,12-24)18(17(15)10-26)13-4-3-5-14(27)8-13/h3-6,8,17-18,27H,2,7,10,25H2,1H3/t17-,18+/m1/s1. The number of aromatic hydroxyl groups is 1. The number of fused-ring (bicyclic) bond motifs is 1. The molecule has 1 amide bonds. The van der Waals surface area contributed by atoms with Crippen molar-refractivity contribution in [1.82, 2.24) is 4.90 Å². The second-order valence-electron chi connectivity index (χ2n) is 6.87. The first-order chi connectivity index (χ1) is 13.9. The lowest BCUT2D eigenvalue weighted by molar-refractivity contribution is 0.0999. The normalized spacial score (nSPS) is 22.4. The lowest BCUT2D eigenvalue weighted by Crippen LogP contribution is -2.49. The van der Waals surface area contributed by atoms with Gasteiger partial charge < -0.3 is 20.5 Å². The summed E-state index contributed by atoms with van der Waals surface area (Å²) in [5.41, 5.74) is 5.50. The summed E-state index contributed by atoms with van der Waals surface area (Å²) in [4.78, 5) is 13.8. The molecule has 2 aliphatic rings. The van der Waals surface area contributed by atoms with Gasteiger partial charge in [0.25, 0.3) is 0 Å². The minimum absolute atomic E-state index is 0.0236. The van der Waals surface area contributed by atoms with Crippen LogP contribution in [0.5, 0.6) is 5.75 Å². The summed E-state index contributed by atoms with van der Waals surface area (Å²) in [6.45, 7) is 2.28. The van der Waals surface area contributed by atoms with Crippen LogP contribution in [0.2, 0.25) is 0 Å². The minimum atomic E-state index is -1.82.